The Kier molecular flexibility index (Phi) is 11.1. The standard InChI is InChI=1S/C32H35NO5.ClH/c1-4-33(20-9-11-24-16-18-26(36-3)19-17-24)21-10-22-37-32(35)28-15-8-14-27-29(34)23(2)30(38-31(27)28)25-12-6-5-7-13-25;/h5-8,12-19H,4,9-11,20-22H2,1-3H3;1H. The quantitative estimate of drug-likeness (QED) is 0.145. The second kappa shape index (κ2) is 14.5. The van der Waals surface area contributed by atoms with E-state index in [2.05, 4.69) is 24.0 Å². The van der Waals surface area contributed by atoms with Crippen LogP contribution < -0.4 is 10.2 Å². The number of benzene rings is 3. The number of fused-ring (bicyclic) bond motifs is 1. The minimum Gasteiger partial charge on any atom is -0.497 e. The lowest BCUT2D eigenvalue weighted by molar-refractivity contribution is 0.0489. The monoisotopic (exact) mass is 549 g/mol. The van der Waals surface area contributed by atoms with Crippen LogP contribution in [0.15, 0.2) is 82.0 Å². The van der Waals surface area contributed by atoms with E-state index in [1.54, 1.807) is 32.2 Å². The van der Waals surface area contributed by atoms with E-state index in [0.717, 1.165) is 50.2 Å². The molecule has 0 fully saturated rings. The summed E-state index contributed by atoms with van der Waals surface area (Å²) in [5, 5.41) is 0.380. The zero-order chi connectivity index (χ0) is 26.9. The first-order chi connectivity index (χ1) is 18.5. The van der Waals surface area contributed by atoms with E-state index in [0.29, 0.717) is 23.3 Å². The Morgan fingerprint density at radius 2 is 1.64 bits per heavy atom. The highest BCUT2D eigenvalue weighted by molar-refractivity contribution is 6.02. The average Bonchev–Trinajstić information content (AvgIpc) is 2.96. The number of hydrogen-bond donors (Lipinski definition) is 0. The molecule has 0 atom stereocenters. The molecule has 0 radical (unpaired) electrons. The van der Waals surface area contributed by atoms with E-state index < -0.39 is 5.97 Å². The highest BCUT2D eigenvalue weighted by Crippen LogP contribution is 2.27. The molecule has 1 heterocycles. The number of ether oxygens (including phenoxy) is 2. The molecule has 0 aliphatic heterocycles. The van der Waals surface area contributed by atoms with Crippen LogP contribution in [-0.2, 0) is 11.2 Å². The van der Waals surface area contributed by atoms with Crippen LogP contribution in [0.4, 0.5) is 0 Å². The van der Waals surface area contributed by atoms with Crippen molar-refractivity contribution in [3.05, 3.63) is 99.7 Å². The van der Waals surface area contributed by atoms with Gasteiger partial charge in [-0.25, -0.2) is 4.79 Å². The van der Waals surface area contributed by atoms with Crippen molar-refractivity contribution >= 4 is 29.3 Å². The molecule has 7 heteroatoms. The fourth-order valence-electron chi connectivity index (χ4n) is 4.59. The molecule has 0 aliphatic carbocycles. The van der Waals surface area contributed by atoms with Gasteiger partial charge in [0.25, 0.3) is 0 Å². The zero-order valence-corrected chi connectivity index (χ0v) is 23.6. The van der Waals surface area contributed by atoms with E-state index in [1.807, 2.05) is 42.5 Å². The molecule has 1 aromatic heterocycles. The van der Waals surface area contributed by atoms with Gasteiger partial charge in [0.15, 0.2) is 11.0 Å². The molecule has 0 aliphatic rings. The normalized spacial score (nSPS) is 10.9. The summed E-state index contributed by atoms with van der Waals surface area (Å²) in [6.45, 7) is 6.94. The molecule has 0 unspecified atom stereocenters. The summed E-state index contributed by atoms with van der Waals surface area (Å²) in [5.41, 5.74) is 2.99. The summed E-state index contributed by atoms with van der Waals surface area (Å²) in [6.07, 6.45) is 2.79. The largest absolute Gasteiger partial charge is 0.497 e. The lowest BCUT2D eigenvalue weighted by atomic mass is 10.0. The number of rotatable bonds is 12. The maximum Gasteiger partial charge on any atom is 0.341 e. The van der Waals surface area contributed by atoms with Gasteiger partial charge in [0.05, 0.1) is 19.1 Å². The highest BCUT2D eigenvalue weighted by atomic mass is 35.5. The second-order valence-electron chi connectivity index (χ2n) is 9.31. The summed E-state index contributed by atoms with van der Waals surface area (Å²) in [4.78, 5) is 28.4. The van der Waals surface area contributed by atoms with Crippen molar-refractivity contribution in [2.45, 2.75) is 33.1 Å². The predicted octanol–water partition coefficient (Wildman–Crippen LogP) is 6.70. The van der Waals surface area contributed by atoms with Crippen LogP contribution in [0.1, 0.15) is 41.3 Å². The number of hydrogen-bond acceptors (Lipinski definition) is 6. The van der Waals surface area contributed by atoms with Crippen LogP contribution in [0, 0.1) is 6.92 Å². The average molecular weight is 550 g/mol. The second-order valence-corrected chi connectivity index (χ2v) is 9.31. The maximum absolute atomic E-state index is 13.0. The molecule has 0 N–H and O–H groups in total. The van der Waals surface area contributed by atoms with Gasteiger partial charge in [-0.3, -0.25) is 4.79 Å². The number of para-hydroxylation sites is 1. The number of carbonyl (C=O) groups excluding carboxylic acids is 1. The van der Waals surface area contributed by atoms with E-state index in [4.69, 9.17) is 13.9 Å². The predicted molar refractivity (Wildman–Crippen MR) is 158 cm³/mol. The fraction of sp³-hybridized carbons (Fsp3) is 0.312. The summed E-state index contributed by atoms with van der Waals surface area (Å²) in [5.74, 6) is 0.858. The molecule has 4 rings (SSSR count). The van der Waals surface area contributed by atoms with Crippen molar-refractivity contribution in [3.8, 4) is 17.1 Å². The molecule has 39 heavy (non-hydrogen) atoms. The van der Waals surface area contributed by atoms with Crippen molar-refractivity contribution in [2.24, 2.45) is 0 Å². The summed E-state index contributed by atoms with van der Waals surface area (Å²) in [7, 11) is 1.67. The summed E-state index contributed by atoms with van der Waals surface area (Å²) < 4.78 is 17.0. The molecule has 0 saturated carbocycles. The molecule has 6 nitrogen and oxygen atoms in total. The molecule has 0 saturated heterocycles. The van der Waals surface area contributed by atoms with Crippen LogP contribution in [0.25, 0.3) is 22.3 Å². The van der Waals surface area contributed by atoms with Crippen molar-refractivity contribution in [1.82, 2.24) is 4.90 Å². The van der Waals surface area contributed by atoms with Crippen LogP contribution in [0.2, 0.25) is 0 Å². The number of aryl methyl sites for hydroxylation is 1. The van der Waals surface area contributed by atoms with Gasteiger partial charge < -0.3 is 18.8 Å². The Labute approximate surface area is 236 Å². The Morgan fingerprint density at radius 1 is 0.923 bits per heavy atom. The lowest BCUT2D eigenvalue weighted by Crippen LogP contribution is -2.27. The van der Waals surface area contributed by atoms with E-state index >= 15 is 0 Å². The van der Waals surface area contributed by atoms with E-state index in [1.165, 1.54) is 5.56 Å². The first-order valence-corrected chi connectivity index (χ1v) is 13.2. The van der Waals surface area contributed by atoms with Crippen LogP contribution in [0.3, 0.4) is 0 Å². The number of esters is 1. The number of halogens is 1. The molecule has 0 spiro atoms. The Morgan fingerprint density at radius 3 is 2.33 bits per heavy atom. The molecule has 206 valence electrons. The third-order valence-corrected chi connectivity index (χ3v) is 6.80. The minimum absolute atomic E-state index is 0. The Bertz CT molecular complexity index is 1420. The Balaban J connectivity index is 0.00000420. The smallest absolute Gasteiger partial charge is 0.341 e. The molecular formula is C32H36ClNO5. The highest BCUT2D eigenvalue weighted by Gasteiger charge is 2.19. The van der Waals surface area contributed by atoms with E-state index in [9.17, 15) is 9.59 Å². The van der Waals surface area contributed by atoms with Gasteiger partial charge in [-0.1, -0.05) is 55.5 Å². The summed E-state index contributed by atoms with van der Waals surface area (Å²) >= 11 is 0. The van der Waals surface area contributed by atoms with Crippen LogP contribution >= 0.6 is 12.4 Å². The van der Waals surface area contributed by atoms with Gasteiger partial charge in [-0.15, -0.1) is 12.4 Å². The van der Waals surface area contributed by atoms with Crippen molar-refractivity contribution in [3.63, 3.8) is 0 Å². The molecule has 4 aromatic rings. The van der Waals surface area contributed by atoms with Crippen molar-refractivity contribution in [2.75, 3.05) is 33.4 Å². The topological polar surface area (TPSA) is 69.0 Å². The third-order valence-electron chi connectivity index (χ3n) is 6.80. The Hall–Kier alpha value is -3.61. The van der Waals surface area contributed by atoms with Gasteiger partial charge >= 0.3 is 5.97 Å². The molecule has 3 aromatic carbocycles. The maximum atomic E-state index is 13.0. The van der Waals surface area contributed by atoms with Gasteiger partial charge in [0.1, 0.15) is 17.1 Å². The van der Waals surface area contributed by atoms with Gasteiger partial charge in [0, 0.05) is 17.7 Å². The van der Waals surface area contributed by atoms with Crippen molar-refractivity contribution in [1.29, 1.82) is 0 Å². The fourth-order valence-corrected chi connectivity index (χ4v) is 4.59. The van der Waals surface area contributed by atoms with Gasteiger partial charge in [0.2, 0.25) is 0 Å². The van der Waals surface area contributed by atoms with Gasteiger partial charge in [-0.2, -0.15) is 0 Å². The first kappa shape index (κ1) is 29.9. The summed E-state index contributed by atoms with van der Waals surface area (Å²) in [6, 6.07) is 22.7. The number of carbonyl (C=O) groups is 1. The number of methoxy groups -OCH3 is 1. The van der Waals surface area contributed by atoms with Crippen LogP contribution in [0.5, 0.6) is 5.75 Å². The van der Waals surface area contributed by atoms with Crippen molar-refractivity contribution < 1.29 is 18.7 Å². The lowest BCUT2D eigenvalue weighted by Gasteiger charge is -2.20. The first-order valence-electron chi connectivity index (χ1n) is 13.2. The van der Waals surface area contributed by atoms with Crippen LogP contribution in [-0.4, -0.2) is 44.2 Å². The molecular weight excluding hydrogens is 514 g/mol. The zero-order valence-electron chi connectivity index (χ0n) is 22.8. The number of nitrogens with zero attached hydrogens (tertiary/aromatic N) is 1. The van der Waals surface area contributed by atoms with E-state index in [-0.39, 0.29) is 29.0 Å². The minimum atomic E-state index is -0.482. The molecule has 0 amide bonds. The van der Waals surface area contributed by atoms with Gasteiger partial charge in [-0.05, 0) is 69.1 Å². The SMILES string of the molecule is CCN(CCCOC(=O)c1cccc2c(=O)c(C)c(-c3ccccc3)oc12)CCCc1ccc(OC)cc1.Cl. The third kappa shape index (κ3) is 7.49. The molecule has 0 bridgehead atoms.